The molecule has 5 rings (SSSR count). The number of nitrogens with zero attached hydrogens (tertiary/aromatic N) is 6. The molecule has 1 aromatic carbocycles. The van der Waals surface area contributed by atoms with Crippen LogP contribution in [-0.4, -0.2) is 54.6 Å². The smallest absolute Gasteiger partial charge is 0.253 e. The molecule has 9 heteroatoms. The summed E-state index contributed by atoms with van der Waals surface area (Å²) in [6, 6.07) is 6.99. The molecule has 30 heavy (non-hydrogen) atoms. The van der Waals surface area contributed by atoms with Gasteiger partial charge in [0, 0.05) is 55.7 Å². The van der Waals surface area contributed by atoms with Crippen molar-refractivity contribution < 1.29 is 13.6 Å². The van der Waals surface area contributed by atoms with E-state index in [1.807, 2.05) is 13.1 Å². The molecule has 0 aliphatic carbocycles. The Morgan fingerprint density at radius 2 is 1.83 bits per heavy atom. The van der Waals surface area contributed by atoms with Crippen molar-refractivity contribution in [2.75, 3.05) is 13.1 Å². The molecule has 1 aliphatic rings. The minimum absolute atomic E-state index is 0.0480. The van der Waals surface area contributed by atoms with E-state index in [-0.39, 0.29) is 31.8 Å². The lowest BCUT2D eigenvalue weighted by Gasteiger charge is -2.31. The number of likely N-dealkylation sites (tertiary alicyclic amines) is 1. The van der Waals surface area contributed by atoms with Crippen LogP contribution < -0.4 is 0 Å². The van der Waals surface area contributed by atoms with Crippen molar-refractivity contribution in [3.8, 4) is 11.3 Å². The molecule has 0 atom stereocenters. The third kappa shape index (κ3) is 3.26. The Hall–Kier alpha value is -3.49. The number of carbonyl (C=O) groups is 1. The maximum Gasteiger partial charge on any atom is 0.253 e. The van der Waals surface area contributed by atoms with Crippen molar-refractivity contribution in [1.29, 1.82) is 0 Å². The van der Waals surface area contributed by atoms with E-state index in [1.165, 1.54) is 4.90 Å². The molecular formula is C21H18F2N6O. The fourth-order valence-electron chi connectivity index (χ4n) is 3.69. The largest absolute Gasteiger partial charge is 0.338 e. The molecular weight excluding hydrogens is 390 g/mol. The van der Waals surface area contributed by atoms with Gasteiger partial charge >= 0.3 is 0 Å². The van der Waals surface area contributed by atoms with Crippen molar-refractivity contribution in [3.05, 3.63) is 48.4 Å². The van der Waals surface area contributed by atoms with E-state index >= 15 is 0 Å². The predicted octanol–water partition coefficient (Wildman–Crippen LogP) is 3.45. The number of hydrogen-bond donors (Lipinski definition) is 0. The lowest BCUT2D eigenvalue weighted by molar-refractivity contribution is -0.0494. The van der Waals surface area contributed by atoms with Crippen LogP contribution in [0.25, 0.3) is 33.3 Å². The summed E-state index contributed by atoms with van der Waals surface area (Å²) in [5.41, 5.74) is 3.82. The average Bonchev–Trinajstić information content (AvgIpc) is 3.12. The van der Waals surface area contributed by atoms with Gasteiger partial charge in [0.15, 0.2) is 5.65 Å². The summed E-state index contributed by atoms with van der Waals surface area (Å²) in [5.74, 6) is -2.96. The summed E-state index contributed by atoms with van der Waals surface area (Å²) in [6.45, 7) is 0.0960. The maximum atomic E-state index is 13.4. The first kappa shape index (κ1) is 18.5. The van der Waals surface area contributed by atoms with Gasteiger partial charge in [0.1, 0.15) is 0 Å². The van der Waals surface area contributed by atoms with Gasteiger partial charge in [0.25, 0.3) is 11.8 Å². The summed E-state index contributed by atoms with van der Waals surface area (Å²) in [5, 5.41) is 5.09. The summed E-state index contributed by atoms with van der Waals surface area (Å²) >= 11 is 0. The molecule has 1 fully saturated rings. The first-order valence-corrected chi connectivity index (χ1v) is 9.62. The molecule has 0 spiro atoms. The molecule has 7 nitrogen and oxygen atoms in total. The van der Waals surface area contributed by atoms with Gasteiger partial charge in [-0.05, 0) is 24.3 Å². The number of amides is 1. The Labute approximate surface area is 170 Å². The van der Waals surface area contributed by atoms with Crippen molar-refractivity contribution in [3.63, 3.8) is 0 Å². The Balaban J connectivity index is 1.47. The Morgan fingerprint density at radius 1 is 1.03 bits per heavy atom. The SMILES string of the molecule is Cn1ncc2cc(-c3cnc4ccc(C(=O)N5CCC(F)(F)CC5)cc4n3)cnc21. The van der Waals surface area contributed by atoms with Crippen LogP contribution in [0.1, 0.15) is 23.2 Å². The number of halogens is 2. The van der Waals surface area contributed by atoms with Crippen molar-refractivity contribution in [1.82, 2.24) is 29.6 Å². The number of aryl methyl sites for hydroxylation is 1. The highest BCUT2D eigenvalue weighted by Gasteiger charge is 2.35. The van der Waals surface area contributed by atoms with E-state index in [4.69, 9.17) is 0 Å². The zero-order valence-electron chi connectivity index (χ0n) is 16.2. The number of benzene rings is 1. The highest BCUT2D eigenvalue weighted by Crippen LogP contribution is 2.29. The third-order valence-corrected chi connectivity index (χ3v) is 5.44. The molecule has 152 valence electrons. The minimum Gasteiger partial charge on any atom is -0.338 e. The van der Waals surface area contributed by atoms with E-state index in [0.29, 0.717) is 22.3 Å². The minimum atomic E-state index is -2.69. The monoisotopic (exact) mass is 408 g/mol. The van der Waals surface area contributed by atoms with Crippen LogP contribution in [0.5, 0.6) is 0 Å². The van der Waals surface area contributed by atoms with Gasteiger partial charge in [-0.2, -0.15) is 5.10 Å². The first-order chi connectivity index (χ1) is 14.4. The predicted molar refractivity (Wildman–Crippen MR) is 107 cm³/mol. The second-order valence-electron chi connectivity index (χ2n) is 7.51. The van der Waals surface area contributed by atoms with Crippen LogP contribution in [-0.2, 0) is 7.05 Å². The highest BCUT2D eigenvalue weighted by atomic mass is 19.3. The second kappa shape index (κ2) is 6.79. The number of fused-ring (bicyclic) bond motifs is 2. The number of piperidine rings is 1. The fraction of sp³-hybridized carbons (Fsp3) is 0.286. The third-order valence-electron chi connectivity index (χ3n) is 5.44. The topological polar surface area (TPSA) is 76.8 Å². The molecule has 3 aromatic heterocycles. The van der Waals surface area contributed by atoms with Gasteiger partial charge < -0.3 is 4.90 Å². The summed E-state index contributed by atoms with van der Waals surface area (Å²) in [7, 11) is 1.83. The van der Waals surface area contributed by atoms with Crippen LogP contribution in [0.2, 0.25) is 0 Å². The van der Waals surface area contributed by atoms with Crippen molar-refractivity contribution in [2.24, 2.45) is 7.05 Å². The summed E-state index contributed by atoms with van der Waals surface area (Å²) in [6.07, 6.45) is 4.50. The van der Waals surface area contributed by atoms with Gasteiger partial charge in [-0.1, -0.05) is 0 Å². The average molecular weight is 408 g/mol. The van der Waals surface area contributed by atoms with Crippen LogP contribution >= 0.6 is 0 Å². The Kier molecular flexibility index (Phi) is 4.19. The van der Waals surface area contributed by atoms with E-state index in [9.17, 15) is 13.6 Å². The standard InChI is InChI=1S/C21H18F2N6O/c1-28-19-15(11-26-28)8-14(10-25-19)18-12-24-16-3-2-13(9-17(16)27-18)20(30)29-6-4-21(22,23)5-7-29/h2-3,8-12H,4-7H2,1H3. The zero-order valence-corrected chi connectivity index (χ0v) is 16.2. The fourth-order valence-corrected chi connectivity index (χ4v) is 3.69. The van der Waals surface area contributed by atoms with Crippen LogP contribution in [0.15, 0.2) is 42.9 Å². The highest BCUT2D eigenvalue weighted by molar-refractivity contribution is 5.97. The van der Waals surface area contributed by atoms with Gasteiger partial charge in [-0.25, -0.2) is 18.7 Å². The van der Waals surface area contributed by atoms with Crippen LogP contribution in [0, 0.1) is 0 Å². The molecule has 1 saturated heterocycles. The molecule has 0 N–H and O–H groups in total. The number of aromatic nitrogens is 5. The molecule has 4 aromatic rings. The molecule has 0 saturated carbocycles. The second-order valence-corrected chi connectivity index (χ2v) is 7.51. The quantitative estimate of drug-likeness (QED) is 0.508. The molecule has 0 radical (unpaired) electrons. The molecule has 1 aliphatic heterocycles. The van der Waals surface area contributed by atoms with E-state index in [2.05, 4.69) is 20.1 Å². The first-order valence-electron chi connectivity index (χ1n) is 9.62. The number of hydrogen-bond acceptors (Lipinski definition) is 5. The zero-order chi connectivity index (χ0) is 20.9. The maximum absolute atomic E-state index is 13.4. The number of alkyl halides is 2. The van der Waals surface area contributed by atoms with E-state index in [0.717, 1.165) is 16.6 Å². The molecule has 0 unspecified atom stereocenters. The van der Waals surface area contributed by atoms with Gasteiger partial charge in [-0.3, -0.25) is 14.5 Å². The number of rotatable bonds is 2. The molecule has 0 bridgehead atoms. The van der Waals surface area contributed by atoms with Crippen LogP contribution in [0.4, 0.5) is 8.78 Å². The van der Waals surface area contributed by atoms with E-state index < -0.39 is 5.92 Å². The summed E-state index contributed by atoms with van der Waals surface area (Å²) < 4.78 is 28.5. The van der Waals surface area contributed by atoms with Crippen molar-refractivity contribution >= 4 is 28.0 Å². The lowest BCUT2D eigenvalue weighted by atomic mass is 10.1. The van der Waals surface area contributed by atoms with Crippen LogP contribution in [0.3, 0.4) is 0 Å². The number of carbonyl (C=O) groups excluding carboxylic acids is 1. The van der Waals surface area contributed by atoms with Gasteiger partial charge in [0.2, 0.25) is 0 Å². The molecule has 1 amide bonds. The van der Waals surface area contributed by atoms with Gasteiger partial charge in [0.05, 0.1) is 29.1 Å². The normalized spacial score (nSPS) is 16.3. The molecule has 4 heterocycles. The Bertz CT molecular complexity index is 1280. The lowest BCUT2D eigenvalue weighted by Crippen LogP contribution is -2.42. The van der Waals surface area contributed by atoms with E-state index in [1.54, 1.807) is 41.5 Å². The summed E-state index contributed by atoms with van der Waals surface area (Å²) in [4.78, 5) is 27.8. The Morgan fingerprint density at radius 3 is 2.63 bits per heavy atom. The number of pyridine rings is 1. The van der Waals surface area contributed by atoms with Crippen molar-refractivity contribution in [2.45, 2.75) is 18.8 Å². The van der Waals surface area contributed by atoms with Gasteiger partial charge in [-0.15, -0.1) is 0 Å².